The summed E-state index contributed by atoms with van der Waals surface area (Å²) in [6.45, 7) is 0. The lowest BCUT2D eigenvalue weighted by Crippen LogP contribution is -2.19. The number of nitrogens with zero attached hydrogens (tertiary/aromatic N) is 1. The third-order valence-corrected chi connectivity index (χ3v) is 4.92. The Balaban J connectivity index is 1.43. The summed E-state index contributed by atoms with van der Waals surface area (Å²) in [5, 5.41) is 10.2. The van der Waals surface area contributed by atoms with Gasteiger partial charge in [-0.1, -0.05) is 12.5 Å². The number of aromatic nitrogens is 1. The highest BCUT2D eigenvalue weighted by Gasteiger charge is 2.39. The van der Waals surface area contributed by atoms with Crippen molar-refractivity contribution in [3.05, 3.63) is 30.1 Å². The van der Waals surface area contributed by atoms with Crippen LogP contribution in [0.4, 0.5) is 0 Å². The molecule has 18 heavy (non-hydrogen) atoms. The zero-order valence-electron chi connectivity index (χ0n) is 11.0. The van der Waals surface area contributed by atoms with Gasteiger partial charge in [0.1, 0.15) is 0 Å². The average molecular weight is 245 g/mol. The van der Waals surface area contributed by atoms with Gasteiger partial charge in [0.15, 0.2) is 0 Å². The van der Waals surface area contributed by atoms with E-state index in [9.17, 15) is 5.11 Å². The molecule has 4 atom stereocenters. The predicted octanol–water partition coefficient (Wildman–Crippen LogP) is 3.20. The second kappa shape index (κ2) is 5.40. The monoisotopic (exact) mass is 245 g/mol. The maximum Gasteiger partial charge on any atom is 0.0546 e. The Morgan fingerprint density at radius 3 is 2.89 bits per heavy atom. The zero-order valence-corrected chi connectivity index (χ0v) is 11.0. The molecule has 1 N–H and O–H groups in total. The lowest BCUT2D eigenvalue weighted by Gasteiger charge is -2.24. The van der Waals surface area contributed by atoms with E-state index in [-0.39, 0.29) is 6.10 Å². The van der Waals surface area contributed by atoms with Gasteiger partial charge in [-0.15, -0.1) is 0 Å². The standard InChI is InChI=1S/C16H23NO/c18-16(7-6-15-3-1-2-8-17-15)11-14-10-12-4-5-13(14)9-12/h1-3,8,12-14,16,18H,4-7,9-11H2. The SMILES string of the molecule is OC(CCc1ccccn1)CC1CC2CCC1C2. The van der Waals surface area contributed by atoms with Crippen molar-refractivity contribution in [3.8, 4) is 0 Å². The normalized spacial score (nSPS) is 31.7. The summed E-state index contributed by atoms with van der Waals surface area (Å²) < 4.78 is 0. The second-order valence-corrected chi connectivity index (χ2v) is 6.18. The van der Waals surface area contributed by atoms with Gasteiger partial charge in [0, 0.05) is 11.9 Å². The van der Waals surface area contributed by atoms with E-state index in [0.29, 0.717) is 0 Å². The van der Waals surface area contributed by atoms with Gasteiger partial charge < -0.3 is 5.11 Å². The largest absolute Gasteiger partial charge is 0.393 e. The first kappa shape index (κ1) is 12.2. The van der Waals surface area contributed by atoms with Crippen molar-refractivity contribution in [2.45, 2.75) is 51.0 Å². The number of fused-ring (bicyclic) bond motifs is 2. The van der Waals surface area contributed by atoms with Crippen LogP contribution in [0.5, 0.6) is 0 Å². The highest BCUT2D eigenvalue weighted by Crippen LogP contribution is 2.49. The Morgan fingerprint density at radius 2 is 2.22 bits per heavy atom. The van der Waals surface area contributed by atoms with Crippen molar-refractivity contribution in [1.82, 2.24) is 4.98 Å². The van der Waals surface area contributed by atoms with E-state index in [1.54, 1.807) is 0 Å². The van der Waals surface area contributed by atoms with Gasteiger partial charge in [0.25, 0.3) is 0 Å². The molecule has 1 heterocycles. The van der Waals surface area contributed by atoms with Crippen molar-refractivity contribution in [1.29, 1.82) is 0 Å². The van der Waals surface area contributed by atoms with E-state index in [2.05, 4.69) is 4.98 Å². The minimum Gasteiger partial charge on any atom is -0.393 e. The minimum absolute atomic E-state index is 0.128. The molecule has 1 aromatic rings. The molecule has 2 aliphatic carbocycles. The van der Waals surface area contributed by atoms with Crippen LogP contribution in [0.2, 0.25) is 0 Å². The minimum atomic E-state index is -0.128. The molecule has 2 aliphatic rings. The molecule has 0 aromatic carbocycles. The molecule has 2 saturated carbocycles. The van der Waals surface area contributed by atoms with Crippen LogP contribution in [-0.4, -0.2) is 16.2 Å². The lowest BCUT2D eigenvalue weighted by atomic mass is 9.84. The van der Waals surface area contributed by atoms with Crippen molar-refractivity contribution in [2.75, 3.05) is 0 Å². The molecule has 3 rings (SSSR count). The highest BCUT2D eigenvalue weighted by molar-refractivity contribution is 5.03. The maximum absolute atomic E-state index is 10.2. The molecule has 98 valence electrons. The van der Waals surface area contributed by atoms with Crippen LogP contribution in [-0.2, 0) is 6.42 Å². The van der Waals surface area contributed by atoms with E-state index in [4.69, 9.17) is 0 Å². The topological polar surface area (TPSA) is 33.1 Å². The van der Waals surface area contributed by atoms with Gasteiger partial charge >= 0.3 is 0 Å². The third-order valence-electron chi connectivity index (χ3n) is 4.92. The summed E-state index contributed by atoms with van der Waals surface area (Å²) >= 11 is 0. The van der Waals surface area contributed by atoms with Crippen LogP contribution in [0.15, 0.2) is 24.4 Å². The van der Waals surface area contributed by atoms with Crippen molar-refractivity contribution in [2.24, 2.45) is 17.8 Å². The molecule has 2 bridgehead atoms. The molecule has 0 radical (unpaired) electrons. The molecule has 2 nitrogen and oxygen atoms in total. The summed E-state index contributed by atoms with van der Waals surface area (Å²) in [4.78, 5) is 4.31. The van der Waals surface area contributed by atoms with E-state index < -0.39 is 0 Å². The summed E-state index contributed by atoms with van der Waals surface area (Å²) in [6.07, 6.45) is 10.2. The first-order valence-corrected chi connectivity index (χ1v) is 7.39. The van der Waals surface area contributed by atoms with Crippen LogP contribution < -0.4 is 0 Å². The number of pyridine rings is 1. The van der Waals surface area contributed by atoms with Gasteiger partial charge in [0.05, 0.1) is 6.10 Å². The number of hydrogen-bond acceptors (Lipinski definition) is 2. The average Bonchev–Trinajstić information content (AvgIpc) is 3.00. The Bertz CT molecular complexity index is 378. The predicted molar refractivity (Wildman–Crippen MR) is 72.1 cm³/mol. The van der Waals surface area contributed by atoms with Gasteiger partial charge in [-0.3, -0.25) is 4.98 Å². The smallest absolute Gasteiger partial charge is 0.0546 e. The maximum atomic E-state index is 10.2. The van der Waals surface area contributed by atoms with E-state index in [1.807, 2.05) is 24.4 Å². The van der Waals surface area contributed by atoms with E-state index >= 15 is 0 Å². The molecule has 0 aliphatic heterocycles. The fraction of sp³-hybridized carbons (Fsp3) is 0.688. The first-order valence-electron chi connectivity index (χ1n) is 7.39. The van der Waals surface area contributed by atoms with Crippen LogP contribution >= 0.6 is 0 Å². The summed E-state index contributed by atoms with van der Waals surface area (Å²) in [5.74, 6) is 2.73. The van der Waals surface area contributed by atoms with Crippen molar-refractivity contribution >= 4 is 0 Å². The fourth-order valence-corrected chi connectivity index (χ4v) is 3.99. The number of rotatable bonds is 5. The number of aryl methyl sites for hydroxylation is 1. The molecule has 1 aromatic heterocycles. The van der Waals surface area contributed by atoms with Crippen LogP contribution in [0.3, 0.4) is 0 Å². The van der Waals surface area contributed by atoms with E-state index in [0.717, 1.165) is 42.7 Å². The Morgan fingerprint density at radius 1 is 1.28 bits per heavy atom. The van der Waals surface area contributed by atoms with Crippen LogP contribution in [0.1, 0.15) is 44.2 Å². The van der Waals surface area contributed by atoms with Crippen LogP contribution in [0.25, 0.3) is 0 Å². The quantitative estimate of drug-likeness (QED) is 0.864. The molecule has 2 heteroatoms. The molecule has 0 amide bonds. The summed E-state index contributed by atoms with van der Waals surface area (Å²) in [6, 6.07) is 6.00. The van der Waals surface area contributed by atoms with Gasteiger partial charge in [-0.25, -0.2) is 0 Å². The first-order chi connectivity index (χ1) is 8.81. The molecule has 4 unspecified atom stereocenters. The summed E-state index contributed by atoms with van der Waals surface area (Å²) in [7, 11) is 0. The summed E-state index contributed by atoms with van der Waals surface area (Å²) in [5.41, 5.74) is 1.10. The number of aliphatic hydroxyl groups is 1. The number of aliphatic hydroxyl groups excluding tert-OH is 1. The molecule has 0 saturated heterocycles. The van der Waals surface area contributed by atoms with Crippen molar-refractivity contribution < 1.29 is 5.11 Å². The Kier molecular flexibility index (Phi) is 3.64. The van der Waals surface area contributed by atoms with Gasteiger partial charge in [-0.05, 0) is 68.4 Å². The van der Waals surface area contributed by atoms with Crippen LogP contribution in [0, 0.1) is 17.8 Å². The lowest BCUT2D eigenvalue weighted by molar-refractivity contribution is 0.116. The van der Waals surface area contributed by atoms with E-state index in [1.165, 1.54) is 25.7 Å². The second-order valence-electron chi connectivity index (χ2n) is 6.18. The zero-order chi connectivity index (χ0) is 12.4. The third kappa shape index (κ3) is 2.74. The molecule has 0 spiro atoms. The fourth-order valence-electron chi connectivity index (χ4n) is 3.99. The van der Waals surface area contributed by atoms with Gasteiger partial charge in [0.2, 0.25) is 0 Å². The number of hydrogen-bond donors (Lipinski definition) is 1. The van der Waals surface area contributed by atoms with Crippen molar-refractivity contribution in [3.63, 3.8) is 0 Å². The molecule has 2 fully saturated rings. The Labute approximate surface area is 109 Å². The van der Waals surface area contributed by atoms with Gasteiger partial charge in [-0.2, -0.15) is 0 Å². The Hall–Kier alpha value is -0.890. The molecular weight excluding hydrogens is 222 g/mol. The molecular formula is C16H23NO. The highest BCUT2D eigenvalue weighted by atomic mass is 16.3.